The minimum absolute atomic E-state index is 0.0431. The predicted molar refractivity (Wildman–Crippen MR) is 88.9 cm³/mol. The van der Waals surface area contributed by atoms with E-state index in [1.165, 1.54) is 4.90 Å². The minimum Gasteiger partial charge on any atom is -0.450 e. The number of hydrogen-bond donors (Lipinski definition) is 2. The summed E-state index contributed by atoms with van der Waals surface area (Å²) in [7, 11) is 0. The molecule has 1 aromatic carbocycles. The fourth-order valence-electron chi connectivity index (χ4n) is 2.54. The normalized spacial score (nSPS) is 15.3. The van der Waals surface area contributed by atoms with Crippen molar-refractivity contribution < 1.29 is 19.2 Å². The first-order valence-corrected chi connectivity index (χ1v) is 8.27. The van der Waals surface area contributed by atoms with Crippen molar-refractivity contribution in [1.29, 1.82) is 0 Å². The first-order chi connectivity index (χ1) is 11.1. The van der Waals surface area contributed by atoms with Gasteiger partial charge in [0.05, 0.1) is 56.5 Å². The SMILES string of the molecule is CCOC(=O)N1CC[NH+](CCC(=O)Nc2ccccc2Cl)CC1. The molecule has 0 aromatic heterocycles. The van der Waals surface area contributed by atoms with Gasteiger partial charge in [0.15, 0.2) is 0 Å². The summed E-state index contributed by atoms with van der Waals surface area (Å²) in [5, 5.41) is 3.36. The fourth-order valence-corrected chi connectivity index (χ4v) is 2.72. The molecule has 1 aromatic rings. The molecule has 1 aliphatic heterocycles. The van der Waals surface area contributed by atoms with E-state index in [0.29, 0.717) is 36.8 Å². The Morgan fingerprint density at radius 1 is 1.30 bits per heavy atom. The van der Waals surface area contributed by atoms with Crippen LogP contribution in [0.3, 0.4) is 0 Å². The molecule has 0 atom stereocenters. The maximum absolute atomic E-state index is 12.0. The molecule has 2 amide bonds. The highest BCUT2D eigenvalue weighted by molar-refractivity contribution is 6.33. The molecule has 1 fully saturated rings. The lowest BCUT2D eigenvalue weighted by Gasteiger charge is -2.31. The molecule has 0 unspecified atom stereocenters. The number of hydrogen-bond acceptors (Lipinski definition) is 3. The van der Waals surface area contributed by atoms with Gasteiger partial charge in [0.2, 0.25) is 5.91 Å². The number of rotatable bonds is 5. The molecular formula is C16H23ClN3O3+. The number of carbonyl (C=O) groups is 2. The Labute approximate surface area is 141 Å². The van der Waals surface area contributed by atoms with Crippen LogP contribution in [0, 0.1) is 0 Å². The van der Waals surface area contributed by atoms with E-state index in [4.69, 9.17) is 16.3 Å². The zero-order valence-corrected chi connectivity index (χ0v) is 14.1. The lowest BCUT2D eigenvalue weighted by atomic mass is 10.2. The van der Waals surface area contributed by atoms with Gasteiger partial charge in [-0.2, -0.15) is 0 Å². The van der Waals surface area contributed by atoms with Gasteiger partial charge in [0.25, 0.3) is 0 Å². The van der Waals surface area contributed by atoms with Crippen molar-refractivity contribution in [2.24, 2.45) is 0 Å². The number of benzene rings is 1. The lowest BCUT2D eigenvalue weighted by Crippen LogP contribution is -3.15. The molecule has 0 saturated carbocycles. The zero-order chi connectivity index (χ0) is 16.7. The second-order valence-electron chi connectivity index (χ2n) is 5.46. The second kappa shape index (κ2) is 8.74. The van der Waals surface area contributed by atoms with Crippen LogP contribution in [0.15, 0.2) is 24.3 Å². The monoisotopic (exact) mass is 340 g/mol. The third-order valence-corrected chi connectivity index (χ3v) is 4.18. The van der Waals surface area contributed by atoms with E-state index in [1.54, 1.807) is 24.0 Å². The molecule has 2 N–H and O–H groups in total. The van der Waals surface area contributed by atoms with Gasteiger partial charge in [-0.15, -0.1) is 0 Å². The van der Waals surface area contributed by atoms with Crippen LogP contribution >= 0.6 is 11.6 Å². The van der Waals surface area contributed by atoms with E-state index >= 15 is 0 Å². The number of quaternary nitrogens is 1. The quantitative estimate of drug-likeness (QED) is 0.841. The third-order valence-electron chi connectivity index (χ3n) is 3.85. The van der Waals surface area contributed by atoms with Crippen molar-refractivity contribution >= 4 is 29.3 Å². The van der Waals surface area contributed by atoms with Crippen LogP contribution in [0.4, 0.5) is 10.5 Å². The summed E-state index contributed by atoms with van der Waals surface area (Å²) in [6, 6.07) is 7.19. The lowest BCUT2D eigenvalue weighted by molar-refractivity contribution is -0.903. The van der Waals surface area contributed by atoms with Gasteiger partial charge < -0.3 is 15.0 Å². The molecule has 0 aliphatic carbocycles. The Bertz CT molecular complexity index is 545. The number of carbonyl (C=O) groups excluding carboxylic acids is 2. The van der Waals surface area contributed by atoms with Gasteiger partial charge in [-0.1, -0.05) is 23.7 Å². The minimum atomic E-state index is -0.247. The summed E-state index contributed by atoms with van der Waals surface area (Å²) in [5.74, 6) is -0.0431. The summed E-state index contributed by atoms with van der Waals surface area (Å²) >= 11 is 6.02. The van der Waals surface area contributed by atoms with Crippen molar-refractivity contribution in [3.63, 3.8) is 0 Å². The number of anilines is 1. The molecule has 0 radical (unpaired) electrons. The van der Waals surface area contributed by atoms with Crippen LogP contribution < -0.4 is 10.2 Å². The number of halogens is 1. The van der Waals surface area contributed by atoms with Crippen molar-refractivity contribution in [1.82, 2.24) is 4.90 Å². The molecule has 6 nitrogen and oxygen atoms in total. The van der Waals surface area contributed by atoms with E-state index in [2.05, 4.69) is 5.32 Å². The van der Waals surface area contributed by atoms with E-state index in [1.807, 2.05) is 12.1 Å². The maximum Gasteiger partial charge on any atom is 0.410 e. The van der Waals surface area contributed by atoms with E-state index in [9.17, 15) is 9.59 Å². The first-order valence-electron chi connectivity index (χ1n) is 7.89. The summed E-state index contributed by atoms with van der Waals surface area (Å²) in [6.45, 7) is 5.94. The number of nitrogens with one attached hydrogen (secondary N) is 2. The van der Waals surface area contributed by atoms with Crippen molar-refractivity contribution in [3.05, 3.63) is 29.3 Å². The Hall–Kier alpha value is -1.79. The number of nitrogens with zero attached hydrogens (tertiary/aromatic N) is 1. The van der Waals surface area contributed by atoms with E-state index in [-0.39, 0.29) is 12.0 Å². The van der Waals surface area contributed by atoms with Crippen LogP contribution in [0.2, 0.25) is 5.02 Å². The van der Waals surface area contributed by atoms with Gasteiger partial charge in [-0.25, -0.2) is 4.79 Å². The van der Waals surface area contributed by atoms with Crippen molar-refractivity contribution in [2.45, 2.75) is 13.3 Å². The Kier molecular flexibility index (Phi) is 6.67. The molecule has 1 heterocycles. The van der Waals surface area contributed by atoms with Crippen molar-refractivity contribution in [2.75, 3.05) is 44.6 Å². The number of ether oxygens (including phenoxy) is 1. The smallest absolute Gasteiger partial charge is 0.410 e. The summed E-state index contributed by atoms with van der Waals surface area (Å²) in [4.78, 5) is 26.7. The highest BCUT2D eigenvalue weighted by atomic mass is 35.5. The fraction of sp³-hybridized carbons (Fsp3) is 0.500. The molecule has 1 aliphatic rings. The van der Waals surface area contributed by atoms with Crippen LogP contribution in [-0.2, 0) is 9.53 Å². The average Bonchev–Trinajstić information content (AvgIpc) is 2.56. The average molecular weight is 341 g/mol. The standard InChI is InChI=1S/C16H22ClN3O3/c1-2-23-16(22)20-11-9-19(10-12-20)8-7-15(21)18-14-6-4-3-5-13(14)17/h3-6H,2,7-12H2,1H3,(H,18,21)/p+1. The first kappa shape index (κ1) is 17.6. The Balaban J connectivity index is 1.70. The van der Waals surface area contributed by atoms with Gasteiger partial charge in [-0.3, -0.25) is 9.69 Å². The summed E-state index contributed by atoms with van der Waals surface area (Å²) < 4.78 is 4.99. The molecule has 23 heavy (non-hydrogen) atoms. The van der Waals surface area contributed by atoms with E-state index < -0.39 is 0 Å². The van der Waals surface area contributed by atoms with Gasteiger partial charge >= 0.3 is 6.09 Å². The molecule has 7 heteroatoms. The van der Waals surface area contributed by atoms with Gasteiger partial charge in [0.1, 0.15) is 0 Å². The summed E-state index contributed by atoms with van der Waals surface area (Å²) in [6.07, 6.45) is 0.183. The van der Waals surface area contributed by atoms with Crippen molar-refractivity contribution in [3.8, 4) is 0 Å². The molecule has 0 bridgehead atoms. The third kappa shape index (κ3) is 5.41. The maximum atomic E-state index is 12.0. The predicted octanol–water partition coefficient (Wildman–Crippen LogP) is 1.03. The van der Waals surface area contributed by atoms with Crippen LogP contribution in [-0.4, -0.2) is 56.2 Å². The molecule has 2 rings (SSSR count). The second-order valence-corrected chi connectivity index (χ2v) is 5.87. The Morgan fingerprint density at radius 2 is 2.00 bits per heavy atom. The zero-order valence-electron chi connectivity index (χ0n) is 13.3. The Morgan fingerprint density at radius 3 is 2.65 bits per heavy atom. The number of amides is 2. The van der Waals surface area contributed by atoms with Crippen LogP contribution in [0.25, 0.3) is 0 Å². The van der Waals surface area contributed by atoms with Gasteiger partial charge in [0, 0.05) is 0 Å². The van der Waals surface area contributed by atoms with Gasteiger partial charge in [-0.05, 0) is 19.1 Å². The topological polar surface area (TPSA) is 63.1 Å². The van der Waals surface area contributed by atoms with E-state index in [0.717, 1.165) is 19.6 Å². The number of piperazine rings is 1. The van der Waals surface area contributed by atoms with Crippen LogP contribution in [0.1, 0.15) is 13.3 Å². The molecular weight excluding hydrogens is 318 g/mol. The highest BCUT2D eigenvalue weighted by Gasteiger charge is 2.24. The largest absolute Gasteiger partial charge is 0.450 e. The molecule has 126 valence electrons. The highest BCUT2D eigenvalue weighted by Crippen LogP contribution is 2.20. The van der Waals surface area contributed by atoms with Crippen LogP contribution in [0.5, 0.6) is 0 Å². The summed E-state index contributed by atoms with van der Waals surface area (Å²) in [5.41, 5.74) is 0.640. The number of para-hydroxylation sites is 1. The molecule has 1 saturated heterocycles. The molecule has 0 spiro atoms.